The van der Waals surface area contributed by atoms with Gasteiger partial charge in [-0.1, -0.05) is 0 Å². The number of rotatable bonds is 5. The van der Waals surface area contributed by atoms with Crippen LogP contribution in [0.25, 0.3) is 0 Å². The average Bonchev–Trinajstić information content (AvgIpc) is 2.23. The summed E-state index contributed by atoms with van der Waals surface area (Å²) in [5.74, 6) is -26.6. The van der Waals surface area contributed by atoms with E-state index in [2.05, 4.69) is 0 Å². The maximum atomic E-state index is 12.7. The molecule has 0 aromatic rings. The predicted octanol–water partition coefficient (Wildman–Crippen LogP) is 2.62. The fourth-order valence-corrected chi connectivity index (χ4v) is 1.20. The van der Waals surface area contributed by atoms with Crippen molar-refractivity contribution >= 4 is 16.0 Å². The van der Waals surface area contributed by atoms with Crippen molar-refractivity contribution in [1.29, 1.82) is 0 Å². The van der Waals surface area contributed by atoms with E-state index < -0.39 is 45.5 Å². The van der Waals surface area contributed by atoms with Crippen LogP contribution in [0.4, 0.5) is 47.8 Å². The van der Waals surface area contributed by atoms with Gasteiger partial charge in [0.2, 0.25) is 0 Å². The Morgan fingerprint density at radius 2 is 1.14 bits per heavy atom. The lowest BCUT2D eigenvalue weighted by Crippen LogP contribution is -2.64. The molecule has 0 aliphatic rings. The lowest BCUT2D eigenvalue weighted by Gasteiger charge is -2.32. The smallest absolute Gasteiger partial charge is 0.288 e. The Labute approximate surface area is 107 Å². The molecule has 0 aromatic carbocycles. The van der Waals surface area contributed by atoms with Crippen molar-refractivity contribution in [2.45, 2.75) is 29.4 Å². The van der Waals surface area contributed by atoms with Crippen molar-refractivity contribution in [3.8, 4) is 0 Å². The summed E-state index contributed by atoms with van der Waals surface area (Å²) >= 11 is 0. The third-order valence-electron chi connectivity index (χ3n) is 1.91. The van der Waals surface area contributed by atoms with E-state index in [1.165, 1.54) is 0 Å². The van der Waals surface area contributed by atoms with Gasteiger partial charge in [0.05, 0.1) is 0 Å². The molecule has 3 nitrogen and oxygen atoms in total. The molecule has 1 atom stereocenters. The minimum absolute atomic E-state index is 4.31. The molecule has 0 amide bonds. The summed E-state index contributed by atoms with van der Waals surface area (Å²) in [6.45, 7) is 0. The molecule has 0 bridgehead atoms. The van der Waals surface area contributed by atoms with Crippen LogP contribution < -0.4 is 0 Å². The zero-order valence-corrected chi connectivity index (χ0v) is 9.68. The van der Waals surface area contributed by atoms with Crippen LogP contribution in [0.1, 0.15) is 0 Å². The van der Waals surface area contributed by atoms with Crippen LogP contribution in [0.2, 0.25) is 0 Å². The van der Waals surface area contributed by atoms with E-state index in [0.29, 0.717) is 0 Å². The third kappa shape index (κ3) is 3.06. The second-order valence-electron chi connectivity index (χ2n) is 3.38. The van der Waals surface area contributed by atoms with Gasteiger partial charge < -0.3 is 0 Å². The van der Waals surface area contributed by atoms with Crippen LogP contribution in [-0.2, 0) is 15.0 Å². The maximum Gasteiger partial charge on any atom is 0.460 e. The van der Waals surface area contributed by atoms with Crippen LogP contribution in [0, 0.1) is 0 Å². The molecule has 0 fully saturated rings. The number of carbonyl (C=O) groups excluding carboxylic acids is 1. The molecule has 0 saturated heterocycles. The summed E-state index contributed by atoms with van der Waals surface area (Å²) in [6.07, 6.45) is -7.29. The molecule has 0 rings (SSSR count). The van der Waals surface area contributed by atoms with E-state index in [9.17, 15) is 61.0 Å². The van der Waals surface area contributed by atoms with E-state index >= 15 is 0 Å². The summed E-state index contributed by atoms with van der Waals surface area (Å²) in [5, 5.41) is 0. The van der Waals surface area contributed by atoms with E-state index in [0.717, 1.165) is 0 Å². The van der Waals surface area contributed by atoms with Gasteiger partial charge in [-0.25, -0.2) is 4.39 Å². The van der Waals surface area contributed by atoms with Crippen LogP contribution >= 0.6 is 0 Å². The van der Waals surface area contributed by atoms with Crippen LogP contribution in [0.15, 0.2) is 0 Å². The molecule has 0 spiro atoms. The van der Waals surface area contributed by atoms with Gasteiger partial charge in [0, 0.05) is 0 Å². The maximum absolute atomic E-state index is 12.7. The Hall–Kier alpha value is -1.15. The van der Waals surface area contributed by atoms with Crippen LogP contribution in [-0.4, -0.2) is 43.6 Å². The second-order valence-corrected chi connectivity index (χ2v) is 4.74. The first kappa shape index (κ1) is 19.8. The lowest BCUT2D eigenvalue weighted by molar-refractivity contribution is -0.388. The molecule has 15 heteroatoms. The Balaban J connectivity index is 5.97. The molecule has 0 heterocycles. The van der Waals surface area contributed by atoms with Gasteiger partial charge >= 0.3 is 34.2 Å². The first-order valence-corrected chi connectivity index (χ1v) is 5.58. The third-order valence-corrected chi connectivity index (χ3v) is 2.62. The molecule has 1 unspecified atom stereocenters. The number of hydrogen-bond donors (Lipinski definition) is 0. The Morgan fingerprint density at radius 3 is 1.38 bits per heavy atom. The number of carbonyl (C=O) groups is 1. The quantitative estimate of drug-likeness (QED) is 0.558. The molecule has 0 aliphatic carbocycles. The number of hydrogen-bond acceptors (Lipinski definition) is 3. The summed E-state index contributed by atoms with van der Waals surface area (Å²) in [6, 6.07) is 0. The lowest BCUT2D eigenvalue weighted by atomic mass is 10.0. The van der Waals surface area contributed by atoms with Gasteiger partial charge in [-0.05, 0) is 0 Å². The van der Waals surface area contributed by atoms with Crippen molar-refractivity contribution in [2.24, 2.45) is 0 Å². The van der Waals surface area contributed by atoms with Crippen LogP contribution in [0.5, 0.6) is 0 Å². The van der Waals surface area contributed by atoms with Gasteiger partial charge in [-0.15, -0.1) is 3.89 Å². The number of halogens is 11. The normalized spacial score (nSPS) is 16.7. The highest BCUT2D eigenvalue weighted by Gasteiger charge is 2.84. The van der Waals surface area contributed by atoms with E-state index in [-0.39, 0.29) is 0 Å². The van der Waals surface area contributed by atoms with Crippen molar-refractivity contribution in [1.82, 2.24) is 0 Å². The standard InChI is InChI=1S/C6HF11O3S/c7-2(21(17,19)20)1(18)3(8,9)4(10,11)5(12,13)6(14,15)16/h2H. The van der Waals surface area contributed by atoms with Crippen molar-refractivity contribution < 1.29 is 61.0 Å². The Kier molecular flexibility index (Phi) is 4.67. The Bertz CT molecular complexity index is 519. The zero-order valence-electron chi connectivity index (χ0n) is 8.87. The monoisotopic (exact) mass is 362 g/mol. The molecule has 0 aliphatic heterocycles. The topological polar surface area (TPSA) is 51.2 Å². The fraction of sp³-hybridized carbons (Fsp3) is 0.833. The summed E-state index contributed by atoms with van der Waals surface area (Å²) < 4.78 is 153. The molecule has 0 aromatic heterocycles. The van der Waals surface area contributed by atoms with Gasteiger partial charge in [-0.2, -0.15) is 47.9 Å². The SMILES string of the molecule is O=C(C(F)S(=O)(=O)F)C(F)(F)C(F)(F)C(F)(F)C(F)(F)F. The summed E-state index contributed by atoms with van der Waals surface area (Å²) in [5.41, 5.74) is -5.07. The molecular formula is C6HF11O3S. The van der Waals surface area contributed by atoms with Crippen LogP contribution in [0.3, 0.4) is 0 Å². The van der Waals surface area contributed by atoms with Crippen molar-refractivity contribution in [2.75, 3.05) is 0 Å². The zero-order chi connectivity index (χ0) is 17.7. The molecule has 0 N–H and O–H groups in total. The van der Waals surface area contributed by atoms with E-state index in [1.807, 2.05) is 0 Å². The first-order valence-electron chi connectivity index (χ1n) is 4.14. The average molecular weight is 362 g/mol. The molecule has 21 heavy (non-hydrogen) atoms. The Morgan fingerprint density at radius 1 is 0.810 bits per heavy atom. The molecule has 0 saturated carbocycles. The van der Waals surface area contributed by atoms with E-state index in [1.54, 1.807) is 0 Å². The van der Waals surface area contributed by atoms with Gasteiger partial charge in [0.1, 0.15) is 0 Å². The van der Waals surface area contributed by atoms with Gasteiger partial charge in [0.15, 0.2) is 0 Å². The highest BCUT2D eigenvalue weighted by Crippen LogP contribution is 2.53. The number of Topliss-reactive ketones (excluding diaryl/α,β-unsaturated/α-hetero) is 1. The minimum atomic E-state index is -7.57. The van der Waals surface area contributed by atoms with Gasteiger partial charge in [-0.3, -0.25) is 4.79 Å². The fourth-order valence-electron chi connectivity index (χ4n) is 0.800. The molecule has 0 radical (unpaired) electrons. The van der Waals surface area contributed by atoms with Crippen molar-refractivity contribution in [3.05, 3.63) is 0 Å². The number of alkyl halides is 10. The molecule has 126 valence electrons. The second kappa shape index (κ2) is 4.95. The highest BCUT2D eigenvalue weighted by molar-refractivity contribution is 7.87. The highest BCUT2D eigenvalue weighted by atomic mass is 32.3. The predicted molar refractivity (Wildman–Crippen MR) is 40.8 cm³/mol. The first-order chi connectivity index (χ1) is 8.82. The van der Waals surface area contributed by atoms with Crippen molar-refractivity contribution in [3.63, 3.8) is 0 Å². The summed E-state index contributed by atoms with van der Waals surface area (Å²) in [4.78, 5) is 10.3. The number of ketones is 1. The van der Waals surface area contributed by atoms with Gasteiger partial charge in [0.25, 0.3) is 11.3 Å². The summed E-state index contributed by atoms with van der Waals surface area (Å²) in [7, 11) is -6.88. The molecular weight excluding hydrogens is 361 g/mol. The largest absolute Gasteiger partial charge is 0.460 e. The van der Waals surface area contributed by atoms with E-state index in [4.69, 9.17) is 0 Å². The minimum Gasteiger partial charge on any atom is -0.288 e.